The van der Waals surface area contributed by atoms with Gasteiger partial charge in [0.2, 0.25) is 0 Å². The maximum atomic E-state index is 12.4. The number of benzene rings is 2. The number of esters is 1. The van der Waals surface area contributed by atoms with Gasteiger partial charge in [-0.25, -0.2) is 4.79 Å². The summed E-state index contributed by atoms with van der Waals surface area (Å²) in [6.07, 6.45) is 10.8. The first-order valence-electron chi connectivity index (χ1n) is 11.4. The van der Waals surface area contributed by atoms with Gasteiger partial charge in [0.15, 0.2) is 0 Å². The van der Waals surface area contributed by atoms with E-state index in [2.05, 4.69) is 26.0 Å². The highest BCUT2D eigenvalue weighted by molar-refractivity contribution is 5.91. The van der Waals surface area contributed by atoms with E-state index in [-0.39, 0.29) is 5.97 Å². The lowest BCUT2D eigenvalue weighted by molar-refractivity contribution is 0.0734. The van der Waals surface area contributed by atoms with E-state index in [1.54, 1.807) is 24.3 Å². The molecule has 31 heavy (non-hydrogen) atoms. The first-order chi connectivity index (χ1) is 15.1. The summed E-state index contributed by atoms with van der Waals surface area (Å²) >= 11 is 0. The van der Waals surface area contributed by atoms with Crippen LogP contribution in [0.4, 0.5) is 0 Å². The van der Waals surface area contributed by atoms with E-state index in [9.17, 15) is 4.79 Å². The summed E-state index contributed by atoms with van der Waals surface area (Å²) in [7, 11) is 0. The van der Waals surface area contributed by atoms with E-state index in [1.165, 1.54) is 12.8 Å². The summed E-state index contributed by atoms with van der Waals surface area (Å²) in [5, 5.41) is 0. The van der Waals surface area contributed by atoms with Gasteiger partial charge in [-0.2, -0.15) is 0 Å². The Morgan fingerprint density at radius 2 is 1.45 bits per heavy atom. The van der Waals surface area contributed by atoms with Gasteiger partial charge in [0.1, 0.15) is 17.2 Å². The van der Waals surface area contributed by atoms with Crippen LogP contribution < -0.4 is 14.2 Å². The first-order valence-corrected chi connectivity index (χ1v) is 11.4. The molecule has 4 heteroatoms. The average Bonchev–Trinajstić information content (AvgIpc) is 2.80. The largest absolute Gasteiger partial charge is 0.494 e. The molecule has 4 nitrogen and oxygen atoms in total. The third kappa shape index (κ3) is 9.73. The minimum Gasteiger partial charge on any atom is -0.494 e. The number of carbonyl (C=O) groups is 1. The Kier molecular flexibility index (Phi) is 11.3. The fourth-order valence-electron chi connectivity index (χ4n) is 3.00. The lowest BCUT2D eigenvalue weighted by Crippen LogP contribution is -2.08. The van der Waals surface area contributed by atoms with E-state index < -0.39 is 0 Å². The predicted molar refractivity (Wildman–Crippen MR) is 126 cm³/mol. The Morgan fingerprint density at radius 1 is 0.871 bits per heavy atom. The van der Waals surface area contributed by atoms with Gasteiger partial charge in [-0.3, -0.25) is 0 Å². The fraction of sp³-hybridized carbons (Fsp3) is 0.444. The summed E-state index contributed by atoms with van der Waals surface area (Å²) in [5.41, 5.74) is 0.494. The van der Waals surface area contributed by atoms with Crippen molar-refractivity contribution >= 4 is 5.97 Å². The van der Waals surface area contributed by atoms with Gasteiger partial charge in [0.25, 0.3) is 0 Å². The third-order valence-corrected chi connectivity index (χ3v) is 5.20. The Hall–Kier alpha value is -2.75. The molecule has 0 radical (unpaired) electrons. The van der Waals surface area contributed by atoms with E-state index in [0.717, 1.165) is 43.1 Å². The number of carbonyl (C=O) groups excluding carboxylic acids is 1. The second kappa shape index (κ2) is 14.3. The van der Waals surface area contributed by atoms with Crippen LogP contribution in [0.1, 0.15) is 69.7 Å². The highest BCUT2D eigenvalue weighted by atomic mass is 16.5. The van der Waals surface area contributed by atoms with Gasteiger partial charge in [-0.05, 0) is 93.5 Å². The van der Waals surface area contributed by atoms with Crippen LogP contribution in [0, 0.1) is 5.92 Å². The molecule has 0 heterocycles. The maximum absolute atomic E-state index is 12.4. The first kappa shape index (κ1) is 24.5. The molecule has 0 unspecified atom stereocenters. The molecule has 0 amide bonds. The molecule has 0 fully saturated rings. The van der Waals surface area contributed by atoms with Crippen molar-refractivity contribution in [1.29, 1.82) is 0 Å². The van der Waals surface area contributed by atoms with Crippen LogP contribution >= 0.6 is 0 Å². The topological polar surface area (TPSA) is 44.8 Å². The van der Waals surface area contributed by atoms with E-state index >= 15 is 0 Å². The standard InChI is InChI=1S/C27H36O4/c1-4-6-7-8-9-20-29-25-16-18-26(19-17-25)31-27(28)23-12-14-24(15-13-23)30-21-10-11-22(3)5-2/h4,6,12-19,22H,5,7-11,20-21H2,1-3H3/b6-4-/t22-/m0/s1. The molecule has 0 aliphatic heterocycles. The van der Waals surface area contributed by atoms with Crippen molar-refractivity contribution in [3.8, 4) is 17.2 Å². The number of hydrogen-bond donors (Lipinski definition) is 0. The smallest absolute Gasteiger partial charge is 0.343 e. The zero-order valence-corrected chi connectivity index (χ0v) is 19.1. The molecule has 1 atom stereocenters. The van der Waals surface area contributed by atoms with Gasteiger partial charge < -0.3 is 14.2 Å². The molecule has 2 rings (SSSR count). The van der Waals surface area contributed by atoms with Crippen molar-refractivity contribution < 1.29 is 19.0 Å². The molecule has 0 aliphatic carbocycles. The Balaban J connectivity index is 1.73. The summed E-state index contributed by atoms with van der Waals surface area (Å²) in [5.74, 6) is 2.39. The maximum Gasteiger partial charge on any atom is 0.343 e. The Bertz CT molecular complexity index is 778. The molecule has 2 aromatic rings. The highest BCUT2D eigenvalue weighted by Gasteiger charge is 2.09. The lowest BCUT2D eigenvalue weighted by atomic mass is 10.0. The molecular weight excluding hydrogens is 388 g/mol. The van der Waals surface area contributed by atoms with E-state index in [1.807, 2.05) is 31.2 Å². The molecule has 0 aliphatic rings. The summed E-state index contributed by atoms with van der Waals surface area (Å²) in [6, 6.07) is 14.2. The molecule has 0 saturated heterocycles. The number of allylic oxidation sites excluding steroid dienone is 2. The third-order valence-electron chi connectivity index (χ3n) is 5.20. The number of hydrogen-bond acceptors (Lipinski definition) is 4. The van der Waals surface area contributed by atoms with Crippen LogP contribution in [-0.4, -0.2) is 19.2 Å². The number of ether oxygens (including phenoxy) is 3. The van der Waals surface area contributed by atoms with Crippen molar-refractivity contribution in [1.82, 2.24) is 0 Å². The van der Waals surface area contributed by atoms with Gasteiger partial charge in [-0.1, -0.05) is 32.4 Å². The Morgan fingerprint density at radius 3 is 2.06 bits per heavy atom. The van der Waals surface area contributed by atoms with Crippen molar-refractivity contribution in [2.75, 3.05) is 13.2 Å². The molecule has 168 valence electrons. The predicted octanol–water partition coefficient (Wildman–Crippen LogP) is 7.24. The molecule has 0 bridgehead atoms. The van der Waals surface area contributed by atoms with E-state index in [0.29, 0.717) is 24.5 Å². The normalized spacial score (nSPS) is 12.0. The van der Waals surface area contributed by atoms with Crippen molar-refractivity contribution in [3.05, 3.63) is 66.2 Å². The molecular formula is C27H36O4. The highest BCUT2D eigenvalue weighted by Crippen LogP contribution is 2.20. The summed E-state index contributed by atoms with van der Waals surface area (Å²) in [4.78, 5) is 12.4. The number of rotatable bonds is 14. The minimum absolute atomic E-state index is 0.388. The van der Waals surface area contributed by atoms with Crippen LogP contribution in [0.3, 0.4) is 0 Å². The Labute approximate surface area is 187 Å². The monoisotopic (exact) mass is 424 g/mol. The van der Waals surface area contributed by atoms with Crippen LogP contribution in [0.25, 0.3) is 0 Å². The zero-order chi connectivity index (χ0) is 22.3. The van der Waals surface area contributed by atoms with Crippen molar-refractivity contribution in [2.24, 2.45) is 5.92 Å². The summed E-state index contributed by atoms with van der Waals surface area (Å²) in [6.45, 7) is 7.88. The van der Waals surface area contributed by atoms with E-state index in [4.69, 9.17) is 14.2 Å². The minimum atomic E-state index is -0.388. The fourth-order valence-corrected chi connectivity index (χ4v) is 3.00. The van der Waals surface area contributed by atoms with Crippen molar-refractivity contribution in [2.45, 2.75) is 59.3 Å². The molecule has 0 N–H and O–H groups in total. The van der Waals surface area contributed by atoms with Crippen LogP contribution in [0.2, 0.25) is 0 Å². The molecule has 2 aromatic carbocycles. The number of unbranched alkanes of at least 4 members (excludes halogenated alkanes) is 2. The van der Waals surface area contributed by atoms with Crippen molar-refractivity contribution in [3.63, 3.8) is 0 Å². The van der Waals surface area contributed by atoms with Gasteiger partial charge in [-0.15, -0.1) is 0 Å². The SMILES string of the molecule is C/C=C\CCCCOc1ccc(OC(=O)c2ccc(OCCC[C@@H](C)CC)cc2)cc1. The summed E-state index contributed by atoms with van der Waals surface area (Å²) < 4.78 is 16.9. The average molecular weight is 425 g/mol. The van der Waals surface area contributed by atoms with Gasteiger partial charge in [0.05, 0.1) is 18.8 Å². The lowest BCUT2D eigenvalue weighted by Gasteiger charge is -2.10. The van der Waals surface area contributed by atoms with Crippen LogP contribution in [0.15, 0.2) is 60.7 Å². The second-order valence-corrected chi connectivity index (χ2v) is 7.80. The van der Waals surface area contributed by atoms with Crippen LogP contribution in [-0.2, 0) is 0 Å². The second-order valence-electron chi connectivity index (χ2n) is 7.80. The van der Waals surface area contributed by atoms with Gasteiger partial charge in [0, 0.05) is 0 Å². The zero-order valence-electron chi connectivity index (χ0n) is 19.1. The molecule has 0 aromatic heterocycles. The quantitative estimate of drug-likeness (QED) is 0.139. The molecule has 0 saturated carbocycles. The van der Waals surface area contributed by atoms with Crippen LogP contribution in [0.5, 0.6) is 17.2 Å². The molecule has 0 spiro atoms. The van der Waals surface area contributed by atoms with Gasteiger partial charge >= 0.3 is 5.97 Å².